The maximum absolute atomic E-state index is 11.1. The number of ether oxygens (including phenoxy) is 2. The van der Waals surface area contributed by atoms with Crippen LogP contribution in [0.3, 0.4) is 0 Å². The van der Waals surface area contributed by atoms with Gasteiger partial charge in [0, 0.05) is 0 Å². The molecule has 1 N–H and O–H groups in total. The summed E-state index contributed by atoms with van der Waals surface area (Å²) < 4.78 is 12.0. The Morgan fingerprint density at radius 1 is 1.08 bits per heavy atom. The van der Waals surface area contributed by atoms with Gasteiger partial charge in [-0.1, -0.05) is 60.2 Å². The summed E-state index contributed by atoms with van der Waals surface area (Å²) in [4.78, 5) is 4.70. The number of hydrogen-bond acceptors (Lipinski definition) is 4. The molecule has 0 spiro atoms. The molecule has 0 unspecified atom stereocenters. The van der Waals surface area contributed by atoms with Gasteiger partial charge in [-0.25, -0.2) is 4.99 Å². The van der Waals surface area contributed by atoms with Gasteiger partial charge in [0.15, 0.2) is 0 Å². The van der Waals surface area contributed by atoms with Crippen LogP contribution in [-0.4, -0.2) is 28.8 Å². The molecule has 2 aliphatic rings. The van der Waals surface area contributed by atoms with Gasteiger partial charge in [-0.2, -0.15) is 0 Å². The highest BCUT2D eigenvalue weighted by molar-refractivity contribution is 5.91. The van der Waals surface area contributed by atoms with Crippen molar-refractivity contribution in [3.8, 4) is 0 Å². The standard InChI is InChI=1S/C21H23NO3/c1-14-9-11-16(12-10-14)18-21(25-18,19-22-20(2,3)13-24-19)17(23)15-7-5-4-6-8-15/h4-12,17-18,23H,13H2,1-3H3/t17-,18-,21-/m0/s1. The second-order valence-corrected chi connectivity index (χ2v) is 7.53. The molecule has 1 saturated heterocycles. The lowest BCUT2D eigenvalue weighted by molar-refractivity contribution is 0.0959. The monoisotopic (exact) mass is 337 g/mol. The fourth-order valence-electron chi connectivity index (χ4n) is 3.37. The van der Waals surface area contributed by atoms with Crippen molar-refractivity contribution in [1.29, 1.82) is 0 Å². The van der Waals surface area contributed by atoms with Gasteiger partial charge < -0.3 is 14.6 Å². The van der Waals surface area contributed by atoms with Crippen molar-refractivity contribution in [2.75, 3.05) is 6.61 Å². The Kier molecular flexibility index (Phi) is 3.71. The highest BCUT2D eigenvalue weighted by Gasteiger charge is 2.68. The SMILES string of the molecule is Cc1ccc([C@@H]2O[C@@]2(C2=NC(C)(C)CO2)[C@@H](O)c2ccccc2)cc1. The summed E-state index contributed by atoms with van der Waals surface area (Å²) in [5.41, 5.74) is 1.76. The van der Waals surface area contributed by atoms with Crippen LogP contribution in [0.15, 0.2) is 59.6 Å². The van der Waals surface area contributed by atoms with Crippen LogP contribution in [0.25, 0.3) is 0 Å². The summed E-state index contributed by atoms with van der Waals surface area (Å²) >= 11 is 0. The molecule has 0 aliphatic carbocycles. The van der Waals surface area contributed by atoms with Crippen LogP contribution in [0.2, 0.25) is 0 Å². The minimum Gasteiger partial charge on any atom is -0.476 e. The lowest BCUT2D eigenvalue weighted by atomic mass is 9.89. The minimum atomic E-state index is -0.954. The van der Waals surface area contributed by atoms with Gasteiger partial charge >= 0.3 is 0 Å². The molecular weight excluding hydrogens is 314 g/mol. The Balaban J connectivity index is 1.74. The predicted molar refractivity (Wildman–Crippen MR) is 96.6 cm³/mol. The van der Waals surface area contributed by atoms with Crippen molar-refractivity contribution in [2.45, 2.75) is 44.1 Å². The van der Waals surface area contributed by atoms with E-state index in [4.69, 9.17) is 14.5 Å². The third-order valence-electron chi connectivity index (χ3n) is 4.85. The number of aliphatic hydroxyl groups is 1. The summed E-state index contributed by atoms with van der Waals surface area (Å²) in [5, 5.41) is 11.1. The lowest BCUT2D eigenvalue weighted by Gasteiger charge is -2.20. The van der Waals surface area contributed by atoms with Crippen molar-refractivity contribution < 1.29 is 14.6 Å². The Labute approximate surface area is 148 Å². The summed E-state index contributed by atoms with van der Waals surface area (Å²) in [6.07, 6.45) is -1.11. The first-order valence-corrected chi connectivity index (χ1v) is 8.63. The van der Waals surface area contributed by atoms with Gasteiger partial charge in [-0.05, 0) is 31.9 Å². The molecule has 130 valence electrons. The molecular formula is C21H23NO3. The molecule has 0 bridgehead atoms. The van der Waals surface area contributed by atoms with Crippen molar-refractivity contribution in [1.82, 2.24) is 0 Å². The molecule has 0 saturated carbocycles. The number of aliphatic imine (C=N–C) groups is 1. The van der Waals surface area contributed by atoms with Crippen molar-refractivity contribution in [3.63, 3.8) is 0 Å². The van der Waals surface area contributed by atoms with E-state index >= 15 is 0 Å². The zero-order valence-corrected chi connectivity index (χ0v) is 14.8. The van der Waals surface area contributed by atoms with Gasteiger partial charge in [0.25, 0.3) is 0 Å². The van der Waals surface area contributed by atoms with E-state index in [1.165, 1.54) is 5.56 Å². The summed E-state index contributed by atoms with van der Waals surface area (Å²) in [6, 6.07) is 17.8. The van der Waals surface area contributed by atoms with Crippen molar-refractivity contribution >= 4 is 5.90 Å². The van der Waals surface area contributed by atoms with E-state index < -0.39 is 11.7 Å². The summed E-state index contributed by atoms with van der Waals surface area (Å²) in [7, 11) is 0. The number of benzene rings is 2. The largest absolute Gasteiger partial charge is 0.476 e. The smallest absolute Gasteiger partial charge is 0.223 e. The summed E-state index contributed by atoms with van der Waals surface area (Å²) in [6.45, 7) is 6.59. The number of aliphatic hydroxyl groups excluding tert-OH is 1. The molecule has 0 aromatic heterocycles. The van der Waals surface area contributed by atoms with Crippen LogP contribution in [0.4, 0.5) is 0 Å². The Bertz CT molecular complexity index is 798. The normalized spacial score (nSPS) is 28.2. The number of nitrogens with zero attached hydrogens (tertiary/aromatic N) is 1. The molecule has 2 heterocycles. The summed E-state index contributed by atoms with van der Waals surface area (Å²) in [5.74, 6) is 0.499. The molecule has 2 aliphatic heterocycles. The molecule has 25 heavy (non-hydrogen) atoms. The second kappa shape index (κ2) is 5.68. The quantitative estimate of drug-likeness (QED) is 0.865. The zero-order valence-electron chi connectivity index (χ0n) is 14.8. The zero-order chi connectivity index (χ0) is 17.7. The number of rotatable bonds is 4. The van der Waals surface area contributed by atoms with Crippen LogP contribution < -0.4 is 0 Å². The number of aryl methyl sites for hydroxylation is 1. The van der Waals surface area contributed by atoms with Gasteiger partial charge in [0.2, 0.25) is 11.5 Å². The maximum atomic E-state index is 11.1. The first kappa shape index (κ1) is 16.3. The van der Waals surface area contributed by atoms with E-state index in [0.29, 0.717) is 12.5 Å². The molecule has 3 atom stereocenters. The average Bonchev–Trinajstić information content (AvgIpc) is 3.26. The highest BCUT2D eigenvalue weighted by Crippen LogP contribution is 2.58. The molecule has 0 amide bonds. The van der Waals surface area contributed by atoms with Gasteiger partial charge in [-0.15, -0.1) is 0 Å². The third kappa shape index (κ3) is 2.75. The second-order valence-electron chi connectivity index (χ2n) is 7.53. The molecule has 2 aromatic rings. The number of hydrogen-bond donors (Lipinski definition) is 1. The van der Waals surface area contributed by atoms with Crippen LogP contribution in [-0.2, 0) is 9.47 Å². The van der Waals surface area contributed by atoms with Gasteiger partial charge in [0.1, 0.15) is 18.8 Å². The van der Waals surface area contributed by atoms with Crippen LogP contribution in [0.1, 0.15) is 42.7 Å². The Morgan fingerprint density at radius 2 is 1.76 bits per heavy atom. The maximum Gasteiger partial charge on any atom is 0.223 e. The predicted octanol–water partition coefficient (Wildman–Crippen LogP) is 3.75. The first-order valence-electron chi connectivity index (χ1n) is 8.63. The Hall–Kier alpha value is -2.17. The van der Waals surface area contributed by atoms with E-state index in [1.54, 1.807) is 0 Å². The fourth-order valence-corrected chi connectivity index (χ4v) is 3.37. The molecule has 0 radical (unpaired) electrons. The van der Waals surface area contributed by atoms with Crippen LogP contribution >= 0.6 is 0 Å². The molecule has 4 rings (SSSR count). The topological polar surface area (TPSA) is 54.4 Å². The molecule has 4 heteroatoms. The lowest BCUT2D eigenvalue weighted by Crippen LogP contribution is -2.33. The average molecular weight is 337 g/mol. The molecule has 2 aromatic carbocycles. The van der Waals surface area contributed by atoms with Gasteiger partial charge in [0.05, 0.1) is 5.54 Å². The fraction of sp³-hybridized carbons (Fsp3) is 0.381. The van der Waals surface area contributed by atoms with E-state index in [0.717, 1.165) is 11.1 Å². The Morgan fingerprint density at radius 3 is 2.36 bits per heavy atom. The van der Waals surface area contributed by atoms with Crippen molar-refractivity contribution in [3.05, 3.63) is 71.3 Å². The van der Waals surface area contributed by atoms with E-state index in [2.05, 4.69) is 19.1 Å². The number of epoxide rings is 1. The molecule has 1 fully saturated rings. The van der Waals surface area contributed by atoms with E-state index in [9.17, 15) is 5.11 Å². The molecule has 4 nitrogen and oxygen atoms in total. The third-order valence-corrected chi connectivity index (χ3v) is 4.85. The van der Waals surface area contributed by atoms with E-state index in [-0.39, 0.29) is 11.6 Å². The minimum absolute atomic E-state index is 0.268. The van der Waals surface area contributed by atoms with Crippen LogP contribution in [0, 0.1) is 6.92 Å². The van der Waals surface area contributed by atoms with Gasteiger partial charge in [-0.3, -0.25) is 0 Å². The van der Waals surface area contributed by atoms with Crippen molar-refractivity contribution in [2.24, 2.45) is 4.99 Å². The first-order chi connectivity index (χ1) is 11.9. The highest BCUT2D eigenvalue weighted by atomic mass is 16.7. The van der Waals surface area contributed by atoms with Crippen LogP contribution in [0.5, 0.6) is 0 Å². The van der Waals surface area contributed by atoms with E-state index in [1.807, 2.05) is 56.3 Å².